The van der Waals surface area contributed by atoms with Gasteiger partial charge in [0.15, 0.2) is 23.5 Å². The molecule has 4 aromatic carbocycles. The molecule has 5 aliphatic rings. The number of carbonyl (C=O) groups is 6. The van der Waals surface area contributed by atoms with Crippen LogP contribution in [0.15, 0.2) is 91.7 Å². The number of aryl methyl sites for hydroxylation is 2. The van der Waals surface area contributed by atoms with Crippen molar-refractivity contribution in [1.82, 2.24) is 15.1 Å². The van der Waals surface area contributed by atoms with Crippen molar-refractivity contribution in [3.8, 4) is 17.2 Å². The van der Waals surface area contributed by atoms with Gasteiger partial charge >= 0.3 is 12.2 Å². The Bertz CT molecular complexity index is 2990. The Balaban J connectivity index is 0.881. The Kier molecular flexibility index (Phi) is 15.8. The lowest BCUT2D eigenvalue weighted by atomic mass is 9.96. The number of methoxy groups -OCH3 is 1. The minimum absolute atomic E-state index is 0.0216. The number of aliphatic hydroxyl groups is 1. The average molecular weight is 1050 g/mol. The molecule has 4 aliphatic heterocycles. The molecule has 5 atom stereocenters. The van der Waals surface area contributed by atoms with Crippen LogP contribution in [0.25, 0.3) is 5.57 Å². The first-order valence-corrected chi connectivity index (χ1v) is 26.5. The van der Waals surface area contributed by atoms with E-state index >= 15 is 0 Å². The molecular weight excluding hydrogens is 983 g/mol. The molecule has 17 heteroatoms. The molecule has 0 aromatic heterocycles. The first kappa shape index (κ1) is 54.1. The van der Waals surface area contributed by atoms with E-state index in [1.54, 1.807) is 65.3 Å². The standard InChI is InChI=1S/C60H69N5O12/c1-9-21-76-58(71)63-32-44-26-43(42-17-11-36(4)12-18-42)31-62(44)55(68)46-27-52(73-8)53(28-47(46)63)75-23-10-22-74-51-29-48-45(24-37(51)5)56(69)64-34-60(19-20-60)30-49(64)57(70)65(48)59(72)77-33-41-15-13-40(14-16-41)25-50(66)39(7)61-54(67)38(6)35(2)3/h9,11-18,24,27-29,31,35,38-39,44,49,57,70H,1,10,19-23,25-26,30,32-34H2,2-8H3,(H,61,67)/t38-,39-,44-,49-,57-/m0/s1. The van der Waals surface area contributed by atoms with Crippen LogP contribution in [0.5, 0.6) is 17.2 Å². The average Bonchev–Trinajstić information content (AvgIpc) is 4.01. The van der Waals surface area contributed by atoms with E-state index in [2.05, 4.69) is 11.9 Å². The van der Waals surface area contributed by atoms with Gasteiger partial charge in [-0.25, -0.2) is 14.5 Å². The number of amides is 5. The third kappa shape index (κ3) is 11.4. The molecule has 2 fully saturated rings. The predicted molar refractivity (Wildman–Crippen MR) is 289 cm³/mol. The Morgan fingerprint density at radius 2 is 1.51 bits per heavy atom. The van der Waals surface area contributed by atoms with Gasteiger partial charge in [0.05, 0.1) is 67.5 Å². The third-order valence-corrected chi connectivity index (χ3v) is 15.7. The van der Waals surface area contributed by atoms with Crippen LogP contribution in [0.2, 0.25) is 0 Å². The lowest BCUT2D eigenvalue weighted by Crippen LogP contribution is -2.50. The SMILES string of the molecule is C=CCOC(=O)N1C[C@@H]2CC(c3ccc(C)cc3)=CN2C(=O)c2cc(OC)c(OCCCOc3cc4c(cc3C)C(=O)N3CC5(CC5)C[C@H]3[C@H](O)N4C(=O)OCc3ccc(CC(=O)[C@H](C)NC(=O)[C@@H](C)C(C)C)cc3)cc21. The second kappa shape index (κ2) is 22.5. The summed E-state index contributed by atoms with van der Waals surface area (Å²) in [6.07, 6.45) is 3.86. The normalized spacial score (nSPS) is 19.7. The zero-order valence-corrected chi connectivity index (χ0v) is 45.0. The Morgan fingerprint density at radius 1 is 0.831 bits per heavy atom. The lowest BCUT2D eigenvalue weighted by Gasteiger charge is -2.31. The van der Waals surface area contributed by atoms with E-state index in [4.69, 9.17) is 23.7 Å². The maximum Gasteiger partial charge on any atom is 0.416 e. The highest BCUT2D eigenvalue weighted by Crippen LogP contribution is 2.57. The molecule has 5 amide bonds. The van der Waals surface area contributed by atoms with Gasteiger partial charge in [0.25, 0.3) is 11.8 Å². The Hall–Kier alpha value is -7.66. The van der Waals surface area contributed by atoms with Crippen molar-refractivity contribution in [3.05, 3.63) is 131 Å². The number of ketones is 1. The number of hydrogen-bond donors (Lipinski definition) is 2. The van der Waals surface area contributed by atoms with Gasteiger partial charge in [0.1, 0.15) is 19.0 Å². The van der Waals surface area contributed by atoms with Gasteiger partial charge in [-0.15, -0.1) is 0 Å². The van der Waals surface area contributed by atoms with Gasteiger partial charge in [0, 0.05) is 43.6 Å². The van der Waals surface area contributed by atoms with Crippen molar-refractivity contribution in [3.63, 3.8) is 0 Å². The Labute approximate surface area is 449 Å². The molecule has 1 saturated carbocycles. The highest BCUT2D eigenvalue weighted by Gasteiger charge is 2.58. The summed E-state index contributed by atoms with van der Waals surface area (Å²) < 4.78 is 29.8. The summed E-state index contributed by atoms with van der Waals surface area (Å²) in [5.41, 5.74) is 6.00. The fourth-order valence-electron chi connectivity index (χ4n) is 10.5. The van der Waals surface area contributed by atoms with Gasteiger partial charge in [-0.1, -0.05) is 87.5 Å². The van der Waals surface area contributed by atoms with Crippen LogP contribution in [0.1, 0.15) is 108 Å². The number of nitrogens with zero attached hydrogens (tertiary/aromatic N) is 4. The van der Waals surface area contributed by atoms with E-state index in [1.807, 2.05) is 65.1 Å². The molecule has 0 bridgehead atoms. The summed E-state index contributed by atoms with van der Waals surface area (Å²) in [7, 11) is 1.48. The van der Waals surface area contributed by atoms with Crippen LogP contribution in [0.3, 0.4) is 0 Å². The molecule has 2 N–H and O–H groups in total. The van der Waals surface area contributed by atoms with E-state index in [0.717, 1.165) is 40.0 Å². The van der Waals surface area contributed by atoms with Gasteiger partial charge in [-0.05, 0) is 97.7 Å². The Morgan fingerprint density at radius 3 is 2.18 bits per heavy atom. The van der Waals surface area contributed by atoms with E-state index in [1.165, 1.54) is 18.1 Å². The highest BCUT2D eigenvalue weighted by atomic mass is 16.6. The van der Waals surface area contributed by atoms with Crippen LogP contribution >= 0.6 is 0 Å². The topological polar surface area (TPSA) is 194 Å². The molecule has 4 heterocycles. The molecule has 406 valence electrons. The molecular formula is C60H69N5O12. The van der Waals surface area contributed by atoms with Crippen molar-refractivity contribution in [2.24, 2.45) is 17.3 Å². The number of benzene rings is 4. The van der Waals surface area contributed by atoms with Crippen molar-refractivity contribution in [1.29, 1.82) is 0 Å². The predicted octanol–water partition coefficient (Wildman–Crippen LogP) is 8.94. The number of ether oxygens (including phenoxy) is 5. The summed E-state index contributed by atoms with van der Waals surface area (Å²) >= 11 is 0. The minimum atomic E-state index is -1.41. The first-order chi connectivity index (χ1) is 36.9. The molecule has 1 aliphatic carbocycles. The maximum atomic E-state index is 14.4. The fourth-order valence-corrected chi connectivity index (χ4v) is 10.5. The zero-order chi connectivity index (χ0) is 54.9. The largest absolute Gasteiger partial charge is 0.493 e. The quantitative estimate of drug-likeness (QED) is 0.0711. The number of carbonyl (C=O) groups excluding carboxylic acids is 6. The van der Waals surface area contributed by atoms with Gasteiger partial charge in [-0.3, -0.25) is 24.1 Å². The van der Waals surface area contributed by atoms with E-state index in [-0.39, 0.29) is 109 Å². The van der Waals surface area contributed by atoms with Crippen LogP contribution in [0, 0.1) is 31.1 Å². The van der Waals surface area contributed by atoms with Crippen molar-refractivity contribution in [2.45, 2.75) is 111 Å². The summed E-state index contributed by atoms with van der Waals surface area (Å²) in [4.78, 5) is 88.2. The van der Waals surface area contributed by atoms with Crippen molar-refractivity contribution in [2.75, 3.05) is 49.8 Å². The number of hydrogen-bond acceptors (Lipinski definition) is 12. The van der Waals surface area contributed by atoms with Gasteiger partial charge in [-0.2, -0.15) is 0 Å². The van der Waals surface area contributed by atoms with E-state index in [0.29, 0.717) is 54.1 Å². The molecule has 1 saturated heterocycles. The number of fused-ring (bicyclic) bond motifs is 4. The zero-order valence-electron chi connectivity index (χ0n) is 45.0. The maximum absolute atomic E-state index is 14.4. The molecule has 1 spiro atoms. The minimum Gasteiger partial charge on any atom is -0.493 e. The summed E-state index contributed by atoms with van der Waals surface area (Å²) in [5.74, 6) is -0.00198. The molecule has 0 radical (unpaired) electrons. The van der Waals surface area contributed by atoms with Crippen molar-refractivity contribution < 1.29 is 57.6 Å². The molecule has 4 aromatic rings. The number of rotatable bonds is 18. The van der Waals surface area contributed by atoms with Crippen LogP contribution in [-0.4, -0.2) is 115 Å². The summed E-state index contributed by atoms with van der Waals surface area (Å²) in [5, 5.41) is 14.9. The van der Waals surface area contributed by atoms with E-state index in [9.17, 15) is 33.9 Å². The van der Waals surface area contributed by atoms with Crippen LogP contribution < -0.4 is 29.3 Å². The highest BCUT2D eigenvalue weighted by molar-refractivity contribution is 6.07. The van der Waals surface area contributed by atoms with Gasteiger partial charge < -0.3 is 43.9 Å². The monoisotopic (exact) mass is 1050 g/mol. The number of Topliss-reactive ketones (excluding diaryl/α,β-unsaturated/α-hetero) is 1. The second-order valence-corrected chi connectivity index (χ2v) is 21.5. The van der Waals surface area contributed by atoms with Crippen LogP contribution in [0.4, 0.5) is 21.0 Å². The smallest absolute Gasteiger partial charge is 0.416 e. The fraction of sp³-hybridized carbons (Fsp3) is 0.433. The third-order valence-electron chi connectivity index (χ3n) is 15.7. The second-order valence-electron chi connectivity index (χ2n) is 21.5. The molecule has 17 nitrogen and oxygen atoms in total. The van der Waals surface area contributed by atoms with E-state index < -0.39 is 30.5 Å². The number of aliphatic hydroxyl groups excluding tert-OH is 1. The molecule has 77 heavy (non-hydrogen) atoms. The first-order valence-electron chi connectivity index (χ1n) is 26.5. The lowest BCUT2D eigenvalue weighted by molar-refractivity contribution is -0.130. The number of nitrogens with one attached hydrogen (secondary N) is 1. The summed E-state index contributed by atoms with van der Waals surface area (Å²) in [6, 6.07) is 20.0. The molecule has 0 unspecified atom stereocenters. The van der Waals surface area contributed by atoms with Gasteiger partial charge in [0.2, 0.25) is 5.91 Å². The van der Waals surface area contributed by atoms with Crippen molar-refractivity contribution >= 4 is 52.6 Å². The summed E-state index contributed by atoms with van der Waals surface area (Å²) in [6.45, 7) is 15.7. The molecule has 9 rings (SSSR count). The number of anilines is 2. The van der Waals surface area contributed by atoms with Crippen LogP contribution in [-0.2, 0) is 32.1 Å².